The molecule has 0 radical (unpaired) electrons. The van der Waals surface area contributed by atoms with Crippen molar-refractivity contribution in [3.05, 3.63) is 51.9 Å². The fraction of sp³-hybridized carbons (Fsp3) is 0.435. The summed E-state index contributed by atoms with van der Waals surface area (Å²) in [6, 6.07) is 8.96. The van der Waals surface area contributed by atoms with Gasteiger partial charge in [-0.15, -0.1) is 11.3 Å². The highest BCUT2D eigenvalue weighted by Gasteiger charge is 2.23. The van der Waals surface area contributed by atoms with Crippen molar-refractivity contribution in [1.29, 1.82) is 0 Å². The molecule has 1 aliphatic heterocycles. The van der Waals surface area contributed by atoms with Gasteiger partial charge in [0.15, 0.2) is 0 Å². The van der Waals surface area contributed by atoms with Crippen LogP contribution < -0.4 is 5.32 Å². The maximum absolute atomic E-state index is 12.5. The molecule has 1 saturated heterocycles. The zero-order valence-electron chi connectivity index (χ0n) is 17.9. The summed E-state index contributed by atoms with van der Waals surface area (Å²) in [5.74, 6) is -0.478. The molecule has 2 amide bonds. The summed E-state index contributed by atoms with van der Waals surface area (Å²) in [6.45, 7) is 9.08. The molecular formula is C23H28N2O4S. The van der Waals surface area contributed by atoms with Crippen molar-refractivity contribution in [1.82, 2.24) is 4.90 Å². The van der Waals surface area contributed by atoms with Crippen molar-refractivity contribution >= 4 is 34.1 Å². The van der Waals surface area contributed by atoms with Gasteiger partial charge in [0.2, 0.25) is 5.91 Å². The molecule has 2 heterocycles. The molecule has 3 rings (SSSR count). The summed E-state index contributed by atoms with van der Waals surface area (Å²) in [4.78, 5) is 39.4. The van der Waals surface area contributed by atoms with Crippen molar-refractivity contribution in [2.45, 2.75) is 47.1 Å². The number of hydrogen-bond acceptors (Lipinski definition) is 5. The Labute approximate surface area is 181 Å². The lowest BCUT2D eigenvalue weighted by Crippen LogP contribution is -2.27. The van der Waals surface area contributed by atoms with Gasteiger partial charge in [0.25, 0.3) is 5.91 Å². The SMILES string of the molecule is Cc1cc(NC(=O)C(C)(C)C)sc1C(=O)OCc1ccc(C(=O)N2CCCC2)cc1. The lowest BCUT2D eigenvalue weighted by molar-refractivity contribution is -0.123. The van der Waals surface area contributed by atoms with E-state index in [1.807, 2.05) is 44.7 Å². The van der Waals surface area contributed by atoms with Crippen LogP contribution in [-0.4, -0.2) is 35.8 Å². The molecule has 0 unspecified atom stereocenters. The average Bonchev–Trinajstić information content (AvgIpc) is 3.35. The van der Waals surface area contributed by atoms with Crippen LogP contribution in [0.3, 0.4) is 0 Å². The first kappa shape index (κ1) is 22.0. The molecule has 1 N–H and O–H groups in total. The number of rotatable bonds is 5. The minimum absolute atomic E-state index is 0.0510. The second-order valence-corrected chi connectivity index (χ2v) is 9.65. The number of nitrogens with zero attached hydrogens (tertiary/aromatic N) is 1. The Kier molecular flexibility index (Phi) is 6.61. The number of carbonyl (C=O) groups is 3. The van der Waals surface area contributed by atoms with Gasteiger partial charge in [-0.05, 0) is 49.1 Å². The van der Waals surface area contributed by atoms with Crippen LogP contribution in [0, 0.1) is 12.3 Å². The van der Waals surface area contributed by atoms with Crippen LogP contribution in [0.4, 0.5) is 5.00 Å². The standard InChI is InChI=1S/C23H28N2O4S/c1-15-13-18(24-22(28)23(2,3)4)30-19(15)21(27)29-14-16-7-9-17(10-8-16)20(26)25-11-5-6-12-25/h7-10,13H,5-6,11-12,14H2,1-4H3,(H,24,28). The van der Waals surface area contributed by atoms with Crippen molar-refractivity contribution < 1.29 is 19.1 Å². The third-order valence-corrected chi connectivity index (χ3v) is 6.12. The van der Waals surface area contributed by atoms with Gasteiger partial charge in [-0.2, -0.15) is 0 Å². The molecule has 1 aliphatic rings. The van der Waals surface area contributed by atoms with E-state index < -0.39 is 11.4 Å². The van der Waals surface area contributed by atoms with Gasteiger partial charge in [0, 0.05) is 24.1 Å². The maximum Gasteiger partial charge on any atom is 0.348 e. The monoisotopic (exact) mass is 428 g/mol. The zero-order chi connectivity index (χ0) is 21.9. The number of nitrogens with one attached hydrogen (secondary N) is 1. The summed E-state index contributed by atoms with van der Waals surface area (Å²) in [7, 11) is 0. The van der Waals surface area contributed by atoms with E-state index in [1.54, 1.807) is 18.2 Å². The van der Waals surface area contributed by atoms with Crippen LogP contribution in [0.1, 0.15) is 64.8 Å². The summed E-state index contributed by atoms with van der Waals surface area (Å²) in [6.07, 6.45) is 2.12. The second-order valence-electron chi connectivity index (χ2n) is 8.60. The summed E-state index contributed by atoms with van der Waals surface area (Å²) in [5.41, 5.74) is 1.72. The van der Waals surface area contributed by atoms with Gasteiger partial charge in [-0.1, -0.05) is 32.9 Å². The normalized spacial score (nSPS) is 13.9. The van der Waals surface area contributed by atoms with E-state index in [9.17, 15) is 14.4 Å². The lowest BCUT2D eigenvalue weighted by Gasteiger charge is -2.16. The Balaban J connectivity index is 1.58. The van der Waals surface area contributed by atoms with E-state index in [-0.39, 0.29) is 18.4 Å². The topological polar surface area (TPSA) is 75.7 Å². The fourth-order valence-corrected chi connectivity index (χ4v) is 4.07. The highest BCUT2D eigenvalue weighted by Crippen LogP contribution is 2.29. The van der Waals surface area contributed by atoms with Gasteiger partial charge in [-0.3, -0.25) is 9.59 Å². The van der Waals surface area contributed by atoms with Crippen LogP contribution in [0.2, 0.25) is 0 Å². The minimum Gasteiger partial charge on any atom is -0.457 e. The van der Waals surface area contributed by atoms with Gasteiger partial charge in [0.05, 0.1) is 5.00 Å². The molecule has 30 heavy (non-hydrogen) atoms. The van der Waals surface area contributed by atoms with E-state index in [0.29, 0.717) is 15.4 Å². The van der Waals surface area contributed by atoms with Crippen LogP contribution in [0.15, 0.2) is 30.3 Å². The number of likely N-dealkylation sites (tertiary alicyclic amines) is 1. The number of anilines is 1. The van der Waals surface area contributed by atoms with Crippen molar-refractivity contribution in [2.24, 2.45) is 5.41 Å². The Morgan fingerprint density at radius 3 is 2.33 bits per heavy atom. The van der Waals surface area contributed by atoms with E-state index in [4.69, 9.17) is 4.74 Å². The van der Waals surface area contributed by atoms with Crippen molar-refractivity contribution in [3.8, 4) is 0 Å². The zero-order valence-corrected chi connectivity index (χ0v) is 18.7. The first-order chi connectivity index (χ1) is 14.1. The number of hydrogen-bond donors (Lipinski definition) is 1. The number of ether oxygens (including phenoxy) is 1. The van der Waals surface area contributed by atoms with E-state index in [0.717, 1.165) is 37.1 Å². The highest BCUT2D eigenvalue weighted by atomic mass is 32.1. The average molecular weight is 429 g/mol. The molecule has 0 bridgehead atoms. The molecule has 1 aromatic heterocycles. The summed E-state index contributed by atoms with van der Waals surface area (Å²) < 4.78 is 5.44. The first-order valence-corrected chi connectivity index (χ1v) is 10.9. The third kappa shape index (κ3) is 5.27. The number of esters is 1. The molecule has 0 aliphatic carbocycles. The minimum atomic E-state index is -0.513. The maximum atomic E-state index is 12.5. The quantitative estimate of drug-likeness (QED) is 0.704. The number of thiophene rings is 1. The Morgan fingerprint density at radius 1 is 1.10 bits per heavy atom. The molecule has 160 valence electrons. The molecule has 0 saturated carbocycles. The van der Waals surface area contributed by atoms with Gasteiger partial charge < -0.3 is 15.0 Å². The second kappa shape index (κ2) is 9.00. The number of carbonyl (C=O) groups excluding carboxylic acids is 3. The summed E-state index contributed by atoms with van der Waals surface area (Å²) >= 11 is 1.21. The largest absolute Gasteiger partial charge is 0.457 e. The van der Waals surface area contributed by atoms with Crippen molar-refractivity contribution in [3.63, 3.8) is 0 Å². The fourth-order valence-electron chi connectivity index (χ4n) is 3.11. The number of amides is 2. The molecule has 0 atom stereocenters. The van der Waals surface area contributed by atoms with Crippen LogP contribution in [0.25, 0.3) is 0 Å². The van der Waals surface area contributed by atoms with Gasteiger partial charge in [0.1, 0.15) is 11.5 Å². The van der Waals surface area contributed by atoms with E-state index in [2.05, 4.69) is 5.32 Å². The molecule has 1 fully saturated rings. The summed E-state index contributed by atoms with van der Waals surface area (Å²) in [5, 5.41) is 3.48. The molecular weight excluding hydrogens is 400 g/mol. The number of aryl methyl sites for hydroxylation is 1. The molecule has 2 aromatic rings. The van der Waals surface area contributed by atoms with E-state index >= 15 is 0 Å². The van der Waals surface area contributed by atoms with E-state index in [1.165, 1.54) is 11.3 Å². The van der Waals surface area contributed by atoms with Gasteiger partial charge >= 0.3 is 5.97 Å². The van der Waals surface area contributed by atoms with Crippen molar-refractivity contribution in [2.75, 3.05) is 18.4 Å². The molecule has 0 spiro atoms. The lowest BCUT2D eigenvalue weighted by atomic mass is 9.96. The molecule has 1 aromatic carbocycles. The Bertz CT molecular complexity index is 935. The van der Waals surface area contributed by atoms with Crippen LogP contribution in [-0.2, 0) is 16.1 Å². The number of benzene rings is 1. The van der Waals surface area contributed by atoms with Crippen LogP contribution in [0.5, 0.6) is 0 Å². The molecule has 6 nitrogen and oxygen atoms in total. The third-order valence-electron chi connectivity index (χ3n) is 4.99. The first-order valence-electron chi connectivity index (χ1n) is 10.1. The Hall–Kier alpha value is -2.67. The molecule has 7 heteroatoms. The van der Waals surface area contributed by atoms with Gasteiger partial charge in [-0.25, -0.2) is 4.79 Å². The Morgan fingerprint density at radius 2 is 1.73 bits per heavy atom. The smallest absolute Gasteiger partial charge is 0.348 e. The predicted molar refractivity (Wildman–Crippen MR) is 118 cm³/mol. The predicted octanol–water partition coefficient (Wildman–Crippen LogP) is 4.63. The highest BCUT2D eigenvalue weighted by molar-refractivity contribution is 7.18. The van der Waals surface area contributed by atoms with Crippen LogP contribution >= 0.6 is 11.3 Å².